The number of pyridine rings is 1. The number of imidazole rings is 1. The van der Waals surface area contributed by atoms with E-state index in [0.717, 1.165) is 29.1 Å². The third kappa shape index (κ3) is 1.75. The molecule has 0 aromatic carbocycles. The van der Waals surface area contributed by atoms with Gasteiger partial charge in [-0.25, -0.2) is 9.97 Å². The van der Waals surface area contributed by atoms with E-state index in [9.17, 15) is 0 Å². The van der Waals surface area contributed by atoms with Crippen molar-refractivity contribution in [2.45, 2.75) is 26.3 Å². The van der Waals surface area contributed by atoms with Crippen molar-refractivity contribution >= 4 is 11.2 Å². The molecule has 0 aliphatic carbocycles. The molecule has 0 aliphatic heterocycles. The largest absolute Gasteiger partial charge is 0.341 e. The van der Waals surface area contributed by atoms with Crippen LogP contribution in [0.5, 0.6) is 0 Å². The summed E-state index contributed by atoms with van der Waals surface area (Å²) in [5, 5.41) is 0. The molecule has 4 nitrogen and oxygen atoms in total. The highest BCUT2D eigenvalue weighted by Gasteiger charge is 2.05. The molecule has 0 radical (unpaired) electrons. The van der Waals surface area contributed by atoms with Crippen LogP contribution in [0.4, 0.5) is 0 Å². The molecule has 2 rings (SSSR count). The van der Waals surface area contributed by atoms with Gasteiger partial charge >= 0.3 is 0 Å². The molecule has 2 aromatic rings. The van der Waals surface area contributed by atoms with Crippen molar-refractivity contribution in [2.24, 2.45) is 5.73 Å². The van der Waals surface area contributed by atoms with Gasteiger partial charge in [-0.05, 0) is 26.0 Å². The first kappa shape index (κ1) is 9.15. The molecule has 3 N–H and O–H groups in total. The van der Waals surface area contributed by atoms with E-state index in [-0.39, 0.29) is 6.04 Å². The van der Waals surface area contributed by atoms with Gasteiger partial charge in [0.2, 0.25) is 0 Å². The predicted octanol–water partition coefficient (Wildman–Crippen LogP) is 1.16. The van der Waals surface area contributed by atoms with Gasteiger partial charge in [-0.15, -0.1) is 0 Å². The Morgan fingerprint density at radius 2 is 2.21 bits per heavy atom. The minimum atomic E-state index is 0.122. The number of nitrogens with two attached hydrogens (primary N) is 1. The highest BCUT2D eigenvalue weighted by atomic mass is 15.0. The van der Waals surface area contributed by atoms with Gasteiger partial charge in [0.25, 0.3) is 0 Å². The molecule has 1 atom stereocenters. The van der Waals surface area contributed by atoms with Crippen LogP contribution in [0, 0.1) is 6.92 Å². The van der Waals surface area contributed by atoms with Crippen LogP contribution >= 0.6 is 0 Å². The Bertz CT molecular complexity index is 444. The Hall–Kier alpha value is -1.42. The summed E-state index contributed by atoms with van der Waals surface area (Å²) >= 11 is 0. The van der Waals surface area contributed by atoms with Crippen molar-refractivity contribution < 1.29 is 0 Å². The smallest absolute Gasteiger partial charge is 0.177 e. The number of nitrogens with zero attached hydrogens (tertiary/aromatic N) is 2. The average molecular weight is 190 g/mol. The Morgan fingerprint density at radius 1 is 1.43 bits per heavy atom. The Morgan fingerprint density at radius 3 is 2.93 bits per heavy atom. The van der Waals surface area contributed by atoms with E-state index in [2.05, 4.69) is 15.0 Å². The maximum atomic E-state index is 5.70. The summed E-state index contributed by atoms with van der Waals surface area (Å²) in [6.45, 7) is 3.92. The van der Waals surface area contributed by atoms with Crippen LogP contribution < -0.4 is 5.73 Å². The van der Waals surface area contributed by atoms with Crippen LogP contribution in [-0.4, -0.2) is 21.0 Å². The fraction of sp³-hybridized carbons (Fsp3) is 0.400. The molecule has 14 heavy (non-hydrogen) atoms. The average Bonchev–Trinajstić information content (AvgIpc) is 2.44. The molecule has 2 aromatic heterocycles. The number of aryl methyl sites for hydroxylation is 1. The Balaban J connectivity index is 2.41. The summed E-state index contributed by atoms with van der Waals surface area (Å²) in [4.78, 5) is 11.9. The van der Waals surface area contributed by atoms with Gasteiger partial charge in [0.1, 0.15) is 5.82 Å². The molecule has 0 spiro atoms. The van der Waals surface area contributed by atoms with E-state index in [0.29, 0.717) is 0 Å². The van der Waals surface area contributed by atoms with Gasteiger partial charge in [0, 0.05) is 18.2 Å². The van der Waals surface area contributed by atoms with Gasteiger partial charge in [0.15, 0.2) is 5.65 Å². The Kier molecular flexibility index (Phi) is 2.21. The van der Waals surface area contributed by atoms with Crippen molar-refractivity contribution in [1.82, 2.24) is 15.0 Å². The van der Waals surface area contributed by atoms with E-state index < -0.39 is 0 Å². The molecular weight excluding hydrogens is 176 g/mol. The first-order valence-electron chi connectivity index (χ1n) is 4.73. The van der Waals surface area contributed by atoms with Crippen molar-refractivity contribution in [2.75, 3.05) is 0 Å². The molecule has 0 amide bonds. The zero-order chi connectivity index (χ0) is 10.1. The fourth-order valence-corrected chi connectivity index (χ4v) is 1.44. The first-order valence-corrected chi connectivity index (χ1v) is 4.73. The van der Waals surface area contributed by atoms with E-state index in [4.69, 9.17) is 5.73 Å². The molecule has 0 aliphatic rings. The summed E-state index contributed by atoms with van der Waals surface area (Å²) in [7, 11) is 0. The van der Waals surface area contributed by atoms with Crippen LogP contribution in [0.15, 0.2) is 12.1 Å². The molecule has 0 saturated carbocycles. The highest BCUT2D eigenvalue weighted by Crippen LogP contribution is 2.10. The second kappa shape index (κ2) is 3.38. The van der Waals surface area contributed by atoms with E-state index in [1.165, 1.54) is 0 Å². The van der Waals surface area contributed by atoms with Crippen LogP contribution in [0.2, 0.25) is 0 Å². The number of rotatable bonds is 2. The molecule has 74 valence electrons. The normalized spacial score (nSPS) is 13.4. The number of aromatic nitrogens is 3. The van der Waals surface area contributed by atoms with Crippen molar-refractivity contribution in [3.8, 4) is 0 Å². The fourth-order valence-electron chi connectivity index (χ4n) is 1.44. The lowest BCUT2D eigenvalue weighted by molar-refractivity contribution is 0.711. The second-order valence-electron chi connectivity index (χ2n) is 3.69. The molecule has 0 fully saturated rings. The predicted molar refractivity (Wildman–Crippen MR) is 56.0 cm³/mol. The maximum absolute atomic E-state index is 5.70. The number of nitrogens with one attached hydrogen (secondary N) is 1. The molecule has 0 bridgehead atoms. The molecular formula is C10H14N4. The second-order valence-corrected chi connectivity index (χ2v) is 3.69. The topological polar surface area (TPSA) is 67.6 Å². The van der Waals surface area contributed by atoms with Crippen molar-refractivity contribution in [3.05, 3.63) is 23.7 Å². The molecule has 2 heterocycles. The van der Waals surface area contributed by atoms with Crippen LogP contribution in [0.25, 0.3) is 11.2 Å². The third-order valence-corrected chi connectivity index (χ3v) is 2.05. The van der Waals surface area contributed by atoms with E-state index in [1.807, 2.05) is 26.0 Å². The summed E-state index contributed by atoms with van der Waals surface area (Å²) in [6.07, 6.45) is 0.759. The molecule has 4 heteroatoms. The van der Waals surface area contributed by atoms with Crippen LogP contribution in [0.3, 0.4) is 0 Å². The summed E-state index contributed by atoms with van der Waals surface area (Å²) in [6, 6.07) is 4.09. The van der Waals surface area contributed by atoms with Crippen LogP contribution in [0.1, 0.15) is 18.4 Å². The lowest BCUT2D eigenvalue weighted by atomic mass is 10.2. The number of H-pyrrole nitrogens is 1. The standard InChI is InChI=1S/C10H14N4/c1-6(11)5-9-13-8-4-3-7(2)12-10(8)14-9/h3-4,6H,5,11H2,1-2H3,(H,12,13,14). The number of hydrogen-bond acceptors (Lipinski definition) is 3. The SMILES string of the molecule is Cc1ccc2[nH]c(CC(C)N)nc2n1. The zero-order valence-corrected chi connectivity index (χ0v) is 8.41. The van der Waals surface area contributed by atoms with Gasteiger partial charge in [-0.3, -0.25) is 0 Å². The van der Waals surface area contributed by atoms with E-state index in [1.54, 1.807) is 0 Å². The summed E-state index contributed by atoms with van der Waals surface area (Å²) < 4.78 is 0. The maximum Gasteiger partial charge on any atom is 0.177 e. The number of hydrogen-bond donors (Lipinski definition) is 2. The number of fused-ring (bicyclic) bond motifs is 1. The van der Waals surface area contributed by atoms with Gasteiger partial charge < -0.3 is 10.7 Å². The summed E-state index contributed by atoms with van der Waals surface area (Å²) in [5.74, 6) is 0.910. The minimum Gasteiger partial charge on any atom is -0.341 e. The number of aromatic amines is 1. The van der Waals surface area contributed by atoms with E-state index >= 15 is 0 Å². The summed E-state index contributed by atoms with van der Waals surface area (Å²) in [5.41, 5.74) is 8.43. The Labute approximate surface area is 82.6 Å². The lowest BCUT2D eigenvalue weighted by Crippen LogP contribution is -2.18. The quantitative estimate of drug-likeness (QED) is 0.746. The third-order valence-electron chi connectivity index (χ3n) is 2.05. The molecule has 1 unspecified atom stereocenters. The minimum absolute atomic E-state index is 0.122. The lowest BCUT2D eigenvalue weighted by Gasteiger charge is -1.98. The molecule has 0 saturated heterocycles. The van der Waals surface area contributed by atoms with Crippen molar-refractivity contribution in [3.63, 3.8) is 0 Å². The zero-order valence-electron chi connectivity index (χ0n) is 8.41. The van der Waals surface area contributed by atoms with Crippen molar-refractivity contribution in [1.29, 1.82) is 0 Å². The first-order chi connectivity index (χ1) is 6.65. The van der Waals surface area contributed by atoms with Crippen LogP contribution in [-0.2, 0) is 6.42 Å². The highest BCUT2D eigenvalue weighted by molar-refractivity contribution is 5.70. The van der Waals surface area contributed by atoms with Gasteiger partial charge in [-0.2, -0.15) is 0 Å². The monoisotopic (exact) mass is 190 g/mol. The van der Waals surface area contributed by atoms with Gasteiger partial charge in [0.05, 0.1) is 5.52 Å². The van der Waals surface area contributed by atoms with Gasteiger partial charge in [-0.1, -0.05) is 0 Å².